The van der Waals surface area contributed by atoms with E-state index < -0.39 is 0 Å². The van der Waals surface area contributed by atoms with Gasteiger partial charge in [-0.15, -0.1) is 0 Å². The standard InChI is InChI=1S/C16H18BrNO/c1-11-6-12(2)8-14(7-11)18(3)10-13-9-15(19)4-5-16(13)17/h4-9,19H,10H2,1-3H3. The summed E-state index contributed by atoms with van der Waals surface area (Å²) >= 11 is 3.52. The molecule has 100 valence electrons. The number of aromatic hydroxyl groups is 1. The van der Waals surface area contributed by atoms with Gasteiger partial charge < -0.3 is 10.0 Å². The summed E-state index contributed by atoms with van der Waals surface area (Å²) in [5, 5.41) is 9.57. The Balaban J connectivity index is 2.25. The van der Waals surface area contributed by atoms with Crippen LogP contribution >= 0.6 is 15.9 Å². The molecule has 0 atom stereocenters. The Morgan fingerprint density at radius 2 is 1.68 bits per heavy atom. The number of rotatable bonds is 3. The minimum Gasteiger partial charge on any atom is -0.508 e. The molecule has 0 saturated carbocycles. The number of phenols is 1. The number of hydrogen-bond donors (Lipinski definition) is 1. The zero-order valence-electron chi connectivity index (χ0n) is 11.4. The summed E-state index contributed by atoms with van der Waals surface area (Å²) in [6, 6.07) is 11.9. The predicted molar refractivity (Wildman–Crippen MR) is 83.8 cm³/mol. The highest BCUT2D eigenvalue weighted by molar-refractivity contribution is 9.10. The molecule has 0 radical (unpaired) electrons. The van der Waals surface area contributed by atoms with Gasteiger partial charge in [-0.25, -0.2) is 0 Å². The van der Waals surface area contributed by atoms with Gasteiger partial charge in [0.1, 0.15) is 5.75 Å². The van der Waals surface area contributed by atoms with Gasteiger partial charge in [-0.2, -0.15) is 0 Å². The molecule has 0 heterocycles. The minimum atomic E-state index is 0.298. The molecule has 0 saturated heterocycles. The number of phenolic OH excluding ortho intramolecular Hbond substituents is 1. The first-order chi connectivity index (χ1) is 8.95. The Bertz CT molecular complexity index is 575. The van der Waals surface area contributed by atoms with E-state index in [-0.39, 0.29) is 0 Å². The highest BCUT2D eigenvalue weighted by Crippen LogP contribution is 2.25. The first-order valence-corrected chi connectivity index (χ1v) is 7.02. The SMILES string of the molecule is Cc1cc(C)cc(N(C)Cc2cc(O)ccc2Br)c1. The van der Waals surface area contributed by atoms with Gasteiger partial charge in [-0.1, -0.05) is 22.0 Å². The van der Waals surface area contributed by atoms with E-state index in [1.165, 1.54) is 16.8 Å². The molecule has 2 aromatic carbocycles. The van der Waals surface area contributed by atoms with Crippen molar-refractivity contribution in [2.24, 2.45) is 0 Å². The van der Waals surface area contributed by atoms with Crippen LogP contribution in [0.2, 0.25) is 0 Å². The summed E-state index contributed by atoms with van der Waals surface area (Å²) in [4.78, 5) is 2.18. The van der Waals surface area contributed by atoms with Crippen molar-refractivity contribution in [1.29, 1.82) is 0 Å². The molecule has 0 amide bonds. The van der Waals surface area contributed by atoms with Crippen LogP contribution in [0.1, 0.15) is 16.7 Å². The predicted octanol–water partition coefficient (Wildman–Crippen LogP) is 4.41. The van der Waals surface area contributed by atoms with Crippen molar-refractivity contribution in [3.05, 3.63) is 57.6 Å². The quantitative estimate of drug-likeness (QED) is 0.905. The lowest BCUT2D eigenvalue weighted by Crippen LogP contribution is -2.16. The summed E-state index contributed by atoms with van der Waals surface area (Å²) in [7, 11) is 2.06. The van der Waals surface area contributed by atoms with Crippen molar-refractivity contribution >= 4 is 21.6 Å². The smallest absolute Gasteiger partial charge is 0.115 e. The maximum Gasteiger partial charge on any atom is 0.115 e. The van der Waals surface area contributed by atoms with Gasteiger partial charge >= 0.3 is 0 Å². The molecule has 0 aliphatic heterocycles. The first-order valence-electron chi connectivity index (χ1n) is 6.22. The largest absolute Gasteiger partial charge is 0.508 e. The fourth-order valence-electron chi connectivity index (χ4n) is 2.20. The number of halogens is 1. The van der Waals surface area contributed by atoms with Gasteiger partial charge in [0.15, 0.2) is 0 Å². The molecule has 19 heavy (non-hydrogen) atoms. The van der Waals surface area contributed by atoms with Crippen LogP contribution in [0, 0.1) is 13.8 Å². The van der Waals surface area contributed by atoms with E-state index in [4.69, 9.17) is 0 Å². The van der Waals surface area contributed by atoms with Gasteiger partial charge in [0.05, 0.1) is 0 Å². The third kappa shape index (κ3) is 3.51. The van der Waals surface area contributed by atoms with Crippen LogP contribution < -0.4 is 4.90 Å². The van der Waals surface area contributed by atoms with Crippen molar-refractivity contribution in [3.63, 3.8) is 0 Å². The summed E-state index contributed by atoms with van der Waals surface area (Å²) in [5.41, 5.74) is 4.78. The average molecular weight is 320 g/mol. The molecule has 2 rings (SSSR count). The second-order valence-electron chi connectivity index (χ2n) is 4.98. The van der Waals surface area contributed by atoms with Crippen LogP contribution in [-0.2, 0) is 6.54 Å². The third-order valence-corrected chi connectivity index (χ3v) is 3.86. The lowest BCUT2D eigenvalue weighted by Gasteiger charge is -2.21. The zero-order valence-corrected chi connectivity index (χ0v) is 13.0. The number of aryl methyl sites for hydroxylation is 2. The normalized spacial score (nSPS) is 10.5. The van der Waals surface area contributed by atoms with Gasteiger partial charge in [-0.3, -0.25) is 0 Å². The minimum absolute atomic E-state index is 0.298. The molecule has 0 spiro atoms. The number of anilines is 1. The molecule has 0 aliphatic carbocycles. The molecular formula is C16H18BrNO. The summed E-state index contributed by atoms with van der Waals surface area (Å²) in [6.45, 7) is 4.96. The molecule has 3 heteroatoms. The van der Waals surface area contributed by atoms with Crippen LogP contribution in [-0.4, -0.2) is 12.2 Å². The van der Waals surface area contributed by atoms with Crippen LogP contribution in [0.15, 0.2) is 40.9 Å². The van der Waals surface area contributed by atoms with E-state index in [1.807, 2.05) is 6.07 Å². The average Bonchev–Trinajstić information content (AvgIpc) is 2.32. The van der Waals surface area contributed by atoms with Gasteiger partial charge in [-0.05, 0) is 60.9 Å². The molecule has 2 nitrogen and oxygen atoms in total. The maximum absolute atomic E-state index is 9.57. The topological polar surface area (TPSA) is 23.5 Å². The first kappa shape index (κ1) is 13.9. The molecule has 0 aliphatic rings. The second kappa shape index (κ2) is 5.66. The molecule has 0 bridgehead atoms. The van der Waals surface area contributed by atoms with Crippen molar-refractivity contribution in [1.82, 2.24) is 0 Å². The third-order valence-electron chi connectivity index (χ3n) is 3.08. The van der Waals surface area contributed by atoms with Crippen LogP contribution in [0.4, 0.5) is 5.69 Å². The fraction of sp³-hybridized carbons (Fsp3) is 0.250. The second-order valence-corrected chi connectivity index (χ2v) is 5.83. The number of nitrogens with zero attached hydrogens (tertiary/aromatic N) is 1. The van der Waals surface area contributed by atoms with Crippen LogP contribution in [0.3, 0.4) is 0 Å². The zero-order chi connectivity index (χ0) is 14.0. The Labute approximate surface area is 122 Å². The molecule has 0 fully saturated rings. The molecule has 2 aromatic rings. The Morgan fingerprint density at radius 1 is 1.05 bits per heavy atom. The monoisotopic (exact) mass is 319 g/mol. The Kier molecular flexibility index (Phi) is 4.15. The molecule has 1 N–H and O–H groups in total. The lowest BCUT2D eigenvalue weighted by atomic mass is 10.1. The molecule has 0 aromatic heterocycles. The molecule has 0 unspecified atom stereocenters. The summed E-state index contributed by atoms with van der Waals surface area (Å²) in [6.07, 6.45) is 0. The highest BCUT2D eigenvalue weighted by Gasteiger charge is 2.07. The van der Waals surface area contributed by atoms with E-state index in [1.54, 1.807) is 12.1 Å². The summed E-state index contributed by atoms with van der Waals surface area (Å²) < 4.78 is 1.02. The maximum atomic E-state index is 9.57. The van der Waals surface area contributed by atoms with Crippen molar-refractivity contribution < 1.29 is 5.11 Å². The van der Waals surface area contributed by atoms with E-state index >= 15 is 0 Å². The Morgan fingerprint density at radius 3 is 2.32 bits per heavy atom. The summed E-state index contributed by atoms with van der Waals surface area (Å²) in [5.74, 6) is 0.298. The van der Waals surface area contributed by atoms with Gasteiger partial charge in [0.2, 0.25) is 0 Å². The van der Waals surface area contributed by atoms with Crippen LogP contribution in [0.25, 0.3) is 0 Å². The van der Waals surface area contributed by atoms with E-state index in [0.29, 0.717) is 5.75 Å². The van der Waals surface area contributed by atoms with E-state index in [2.05, 4.69) is 59.9 Å². The highest BCUT2D eigenvalue weighted by atomic mass is 79.9. The van der Waals surface area contributed by atoms with E-state index in [0.717, 1.165) is 16.6 Å². The van der Waals surface area contributed by atoms with Gasteiger partial charge in [0, 0.05) is 23.8 Å². The fourth-order valence-corrected chi connectivity index (χ4v) is 2.57. The Hall–Kier alpha value is -1.48. The van der Waals surface area contributed by atoms with Crippen LogP contribution in [0.5, 0.6) is 5.75 Å². The van der Waals surface area contributed by atoms with Crippen molar-refractivity contribution in [2.45, 2.75) is 20.4 Å². The number of hydrogen-bond acceptors (Lipinski definition) is 2. The van der Waals surface area contributed by atoms with Crippen molar-refractivity contribution in [2.75, 3.05) is 11.9 Å². The molecular weight excluding hydrogens is 302 g/mol. The van der Waals surface area contributed by atoms with E-state index in [9.17, 15) is 5.11 Å². The van der Waals surface area contributed by atoms with Crippen molar-refractivity contribution in [3.8, 4) is 5.75 Å². The lowest BCUT2D eigenvalue weighted by molar-refractivity contribution is 0.474. The number of benzene rings is 2. The van der Waals surface area contributed by atoms with Gasteiger partial charge in [0.25, 0.3) is 0 Å².